The molecular formula is C27H33N3O4S. The highest BCUT2D eigenvalue weighted by molar-refractivity contribution is 7.99. The van der Waals surface area contributed by atoms with Gasteiger partial charge in [0, 0.05) is 54.1 Å². The maximum absolute atomic E-state index is 11.6. The Kier molecular flexibility index (Phi) is 8.95. The molecule has 8 heteroatoms. The van der Waals surface area contributed by atoms with Gasteiger partial charge in [0.2, 0.25) is 0 Å². The number of aromatic nitrogens is 2. The molecule has 1 saturated heterocycles. The fourth-order valence-corrected chi connectivity index (χ4v) is 5.91. The second-order valence-corrected chi connectivity index (χ2v) is 10.3. The molecule has 3 atom stereocenters. The summed E-state index contributed by atoms with van der Waals surface area (Å²) in [5.74, 6) is 1.30. The third-order valence-corrected chi connectivity index (χ3v) is 7.84. The molecule has 7 nitrogen and oxygen atoms in total. The van der Waals surface area contributed by atoms with Crippen LogP contribution in [0.15, 0.2) is 59.9 Å². The summed E-state index contributed by atoms with van der Waals surface area (Å²) in [6.45, 7) is 2.67. The van der Waals surface area contributed by atoms with Crippen molar-refractivity contribution in [2.45, 2.75) is 36.7 Å². The Balaban J connectivity index is 1.35. The summed E-state index contributed by atoms with van der Waals surface area (Å²) >= 11 is 1.78. The molecule has 0 bridgehead atoms. The summed E-state index contributed by atoms with van der Waals surface area (Å²) in [7, 11) is 1.63. The number of fused-ring (bicyclic) bond motifs is 1. The monoisotopic (exact) mass is 495 g/mol. The van der Waals surface area contributed by atoms with Gasteiger partial charge in [-0.2, -0.15) is 0 Å². The molecule has 2 aromatic heterocycles. The van der Waals surface area contributed by atoms with Crippen molar-refractivity contribution in [2.24, 2.45) is 11.8 Å². The van der Waals surface area contributed by atoms with Crippen LogP contribution in [0.5, 0.6) is 5.75 Å². The second kappa shape index (κ2) is 12.3. The van der Waals surface area contributed by atoms with Crippen LogP contribution in [-0.4, -0.2) is 63.5 Å². The van der Waals surface area contributed by atoms with E-state index in [1.54, 1.807) is 31.3 Å². The molecule has 1 unspecified atom stereocenters. The van der Waals surface area contributed by atoms with Crippen molar-refractivity contribution in [3.8, 4) is 5.75 Å². The van der Waals surface area contributed by atoms with Crippen LogP contribution < -0.4 is 4.74 Å². The molecule has 35 heavy (non-hydrogen) atoms. The van der Waals surface area contributed by atoms with E-state index in [0.29, 0.717) is 6.42 Å². The van der Waals surface area contributed by atoms with Crippen molar-refractivity contribution in [2.75, 3.05) is 32.5 Å². The number of aliphatic carboxylic acids is 1. The van der Waals surface area contributed by atoms with E-state index in [1.807, 2.05) is 36.5 Å². The number of thioether (sulfide) groups is 1. The maximum Gasteiger partial charge on any atom is 0.303 e. The number of carboxylic acid groups (broad SMARTS) is 1. The van der Waals surface area contributed by atoms with Crippen molar-refractivity contribution < 1.29 is 19.7 Å². The first-order valence-electron chi connectivity index (χ1n) is 12.1. The zero-order valence-electron chi connectivity index (χ0n) is 20.0. The smallest absolute Gasteiger partial charge is 0.303 e. The van der Waals surface area contributed by atoms with Crippen molar-refractivity contribution >= 4 is 28.6 Å². The van der Waals surface area contributed by atoms with Gasteiger partial charge >= 0.3 is 5.97 Å². The van der Waals surface area contributed by atoms with E-state index in [-0.39, 0.29) is 18.3 Å². The van der Waals surface area contributed by atoms with Gasteiger partial charge in [0.05, 0.1) is 18.7 Å². The Hall–Kier alpha value is -2.68. The third kappa shape index (κ3) is 6.93. The lowest BCUT2D eigenvalue weighted by Crippen LogP contribution is -2.42. The number of ether oxygens (including phenoxy) is 1. The summed E-state index contributed by atoms with van der Waals surface area (Å²) in [5.41, 5.74) is 1.66. The van der Waals surface area contributed by atoms with Crippen LogP contribution in [0, 0.1) is 11.8 Å². The van der Waals surface area contributed by atoms with Crippen LogP contribution in [0.2, 0.25) is 0 Å². The minimum atomic E-state index is -0.751. The van der Waals surface area contributed by atoms with E-state index in [2.05, 4.69) is 20.9 Å². The van der Waals surface area contributed by atoms with Gasteiger partial charge < -0.3 is 19.8 Å². The predicted octanol–water partition coefficient (Wildman–Crippen LogP) is 4.66. The summed E-state index contributed by atoms with van der Waals surface area (Å²) in [6, 6.07) is 11.5. The quantitative estimate of drug-likeness (QED) is 0.371. The molecule has 1 aliphatic heterocycles. The van der Waals surface area contributed by atoms with Gasteiger partial charge in [-0.15, -0.1) is 11.8 Å². The first-order chi connectivity index (χ1) is 17.0. The number of pyridine rings is 2. The van der Waals surface area contributed by atoms with Crippen LogP contribution in [0.4, 0.5) is 0 Å². The molecule has 2 N–H and O–H groups in total. The number of methoxy groups -OCH3 is 1. The first kappa shape index (κ1) is 25.4. The van der Waals surface area contributed by atoms with Crippen LogP contribution in [0.25, 0.3) is 10.9 Å². The fraction of sp³-hybridized carbons (Fsp3) is 0.444. The Morgan fingerprint density at radius 3 is 2.91 bits per heavy atom. The number of piperidine rings is 1. The third-order valence-electron chi connectivity index (χ3n) is 6.88. The second-order valence-electron chi connectivity index (χ2n) is 9.12. The van der Waals surface area contributed by atoms with E-state index in [0.717, 1.165) is 65.3 Å². The lowest BCUT2D eigenvalue weighted by molar-refractivity contribution is -0.139. The lowest BCUT2D eigenvalue weighted by atomic mass is 9.79. The molecule has 0 spiro atoms. The highest BCUT2D eigenvalue weighted by Gasteiger charge is 2.31. The predicted molar refractivity (Wildman–Crippen MR) is 138 cm³/mol. The number of benzene rings is 1. The van der Waals surface area contributed by atoms with Crippen molar-refractivity contribution in [3.05, 3.63) is 60.6 Å². The number of aliphatic hydroxyl groups is 1. The Labute approximate surface area is 210 Å². The van der Waals surface area contributed by atoms with E-state index in [4.69, 9.17) is 4.74 Å². The van der Waals surface area contributed by atoms with Crippen LogP contribution in [0.1, 0.15) is 37.4 Å². The van der Waals surface area contributed by atoms with E-state index in [1.165, 1.54) is 0 Å². The number of rotatable bonds is 11. The molecule has 0 radical (unpaired) electrons. The SMILES string of the molecule is COc1ccc2nccc(C(O)CC[C@@H]3CCN(CCSc4cccnc4)C[C@@H]3CC(=O)O)c2c1. The van der Waals surface area contributed by atoms with Crippen LogP contribution >= 0.6 is 11.8 Å². The Bertz CT molecular complexity index is 1110. The van der Waals surface area contributed by atoms with Gasteiger partial charge in [-0.25, -0.2) is 0 Å². The molecule has 1 fully saturated rings. The van der Waals surface area contributed by atoms with Crippen molar-refractivity contribution in [1.29, 1.82) is 0 Å². The number of carboxylic acids is 1. The number of hydrogen-bond donors (Lipinski definition) is 2. The Morgan fingerprint density at radius 1 is 1.26 bits per heavy atom. The largest absolute Gasteiger partial charge is 0.497 e. The molecule has 0 amide bonds. The van der Waals surface area contributed by atoms with Gasteiger partial charge in [0.25, 0.3) is 0 Å². The highest BCUT2D eigenvalue weighted by atomic mass is 32.2. The number of likely N-dealkylation sites (tertiary alicyclic amines) is 1. The molecule has 0 saturated carbocycles. The molecule has 3 aromatic rings. The maximum atomic E-state index is 11.6. The lowest BCUT2D eigenvalue weighted by Gasteiger charge is -2.38. The number of carbonyl (C=O) groups is 1. The summed E-state index contributed by atoms with van der Waals surface area (Å²) in [6.07, 6.45) is 7.25. The molecule has 3 heterocycles. The summed E-state index contributed by atoms with van der Waals surface area (Å²) in [4.78, 5) is 23.7. The van der Waals surface area contributed by atoms with Gasteiger partial charge in [-0.05, 0) is 79.6 Å². The van der Waals surface area contributed by atoms with Gasteiger partial charge in [0.1, 0.15) is 5.75 Å². The minimum Gasteiger partial charge on any atom is -0.497 e. The van der Waals surface area contributed by atoms with Gasteiger partial charge in [-0.1, -0.05) is 0 Å². The van der Waals surface area contributed by atoms with Gasteiger partial charge in [-0.3, -0.25) is 14.8 Å². The molecule has 1 aromatic carbocycles. The average Bonchev–Trinajstić information content (AvgIpc) is 2.87. The number of hydrogen-bond acceptors (Lipinski definition) is 7. The van der Waals surface area contributed by atoms with E-state index < -0.39 is 12.1 Å². The van der Waals surface area contributed by atoms with Gasteiger partial charge in [0.15, 0.2) is 0 Å². The van der Waals surface area contributed by atoms with Crippen molar-refractivity contribution in [3.63, 3.8) is 0 Å². The summed E-state index contributed by atoms with van der Waals surface area (Å²) in [5, 5.41) is 21.5. The molecule has 1 aliphatic rings. The van der Waals surface area contributed by atoms with E-state index >= 15 is 0 Å². The topological polar surface area (TPSA) is 95.8 Å². The molecular weight excluding hydrogens is 462 g/mol. The zero-order valence-corrected chi connectivity index (χ0v) is 20.9. The molecule has 0 aliphatic carbocycles. The van der Waals surface area contributed by atoms with Crippen LogP contribution in [-0.2, 0) is 4.79 Å². The first-order valence-corrected chi connectivity index (χ1v) is 13.1. The average molecular weight is 496 g/mol. The van der Waals surface area contributed by atoms with Crippen LogP contribution in [0.3, 0.4) is 0 Å². The Morgan fingerprint density at radius 2 is 2.14 bits per heavy atom. The summed E-state index contributed by atoms with van der Waals surface area (Å²) < 4.78 is 5.35. The minimum absolute atomic E-state index is 0.0890. The number of nitrogens with zero attached hydrogens (tertiary/aromatic N) is 3. The number of aliphatic hydroxyl groups excluding tert-OH is 1. The standard InChI is InChI=1S/C27H33N3O4S/c1-34-21-5-6-25-24(16-21)23(8-11-29-25)26(31)7-4-19-9-12-30(18-20(19)15-27(32)33)13-14-35-22-3-2-10-28-17-22/h2-3,5-6,8,10-11,16-17,19-20,26,31H,4,7,9,12-15,18H2,1H3,(H,32,33)/t19-,20+,26?/m1/s1. The van der Waals surface area contributed by atoms with E-state index in [9.17, 15) is 15.0 Å². The molecule has 4 rings (SSSR count). The highest BCUT2D eigenvalue weighted by Crippen LogP contribution is 2.35. The molecule has 186 valence electrons. The fourth-order valence-electron chi connectivity index (χ4n) is 5.01. The normalized spacial score (nSPS) is 19.5. The van der Waals surface area contributed by atoms with Crippen molar-refractivity contribution in [1.82, 2.24) is 14.9 Å². The zero-order chi connectivity index (χ0) is 24.6.